The highest BCUT2D eigenvalue weighted by molar-refractivity contribution is 5.34. The van der Waals surface area contributed by atoms with Crippen LogP contribution in [-0.4, -0.2) is 16.1 Å². The lowest BCUT2D eigenvalue weighted by Crippen LogP contribution is -2.24. The van der Waals surface area contributed by atoms with Crippen molar-refractivity contribution in [1.82, 2.24) is 14.9 Å². The number of fused-ring (bicyclic) bond motifs is 1. The van der Waals surface area contributed by atoms with Crippen LogP contribution < -0.4 is 5.32 Å². The molecule has 1 unspecified atom stereocenters. The molecule has 1 N–H and O–H groups in total. The number of aromatic nitrogens is 2. The van der Waals surface area contributed by atoms with Gasteiger partial charge in [0.25, 0.3) is 0 Å². The molecular weight excluding hydrogens is 222 g/mol. The van der Waals surface area contributed by atoms with Crippen molar-refractivity contribution >= 4 is 0 Å². The molecule has 3 heteroatoms. The van der Waals surface area contributed by atoms with Crippen LogP contribution in [0.15, 0.2) is 36.7 Å². The highest BCUT2D eigenvalue weighted by atomic mass is 15.1. The SMILES string of the molecule is Cc1nccn1CCNC1CCc2ccccc21. The second kappa shape index (κ2) is 4.94. The highest BCUT2D eigenvalue weighted by Gasteiger charge is 2.20. The van der Waals surface area contributed by atoms with Gasteiger partial charge in [0.2, 0.25) is 0 Å². The Balaban J connectivity index is 1.58. The van der Waals surface area contributed by atoms with E-state index in [2.05, 4.69) is 39.1 Å². The minimum atomic E-state index is 0.532. The predicted molar refractivity (Wildman–Crippen MR) is 72.5 cm³/mol. The lowest BCUT2D eigenvalue weighted by Gasteiger charge is -2.14. The smallest absolute Gasteiger partial charge is 0.105 e. The van der Waals surface area contributed by atoms with E-state index in [1.54, 1.807) is 0 Å². The van der Waals surface area contributed by atoms with Crippen LogP contribution in [0.25, 0.3) is 0 Å². The molecule has 94 valence electrons. The first-order valence-electron chi connectivity index (χ1n) is 6.63. The van der Waals surface area contributed by atoms with Crippen molar-refractivity contribution in [2.24, 2.45) is 0 Å². The minimum Gasteiger partial charge on any atom is -0.334 e. The predicted octanol–water partition coefficient (Wildman–Crippen LogP) is 2.47. The van der Waals surface area contributed by atoms with Crippen molar-refractivity contribution in [3.63, 3.8) is 0 Å². The highest BCUT2D eigenvalue weighted by Crippen LogP contribution is 2.30. The Morgan fingerprint density at radius 3 is 3.11 bits per heavy atom. The number of hydrogen-bond acceptors (Lipinski definition) is 2. The Kier molecular flexibility index (Phi) is 3.15. The lowest BCUT2D eigenvalue weighted by molar-refractivity contribution is 0.497. The summed E-state index contributed by atoms with van der Waals surface area (Å²) in [6.45, 7) is 4.03. The maximum Gasteiger partial charge on any atom is 0.105 e. The Hall–Kier alpha value is -1.61. The van der Waals surface area contributed by atoms with Crippen LogP contribution in [0.4, 0.5) is 0 Å². The fourth-order valence-corrected chi connectivity index (χ4v) is 2.77. The molecule has 0 saturated heterocycles. The molecule has 0 bridgehead atoms. The summed E-state index contributed by atoms with van der Waals surface area (Å²) in [6, 6.07) is 9.30. The molecule has 0 radical (unpaired) electrons. The van der Waals surface area contributed by atoms with E-state index in [1.807, 2.05) is 19.3 Å². The summed E-state index contributed by atoms with van der Waals surface area (Å²) in [7, 11) is 0. The van der Waals surface area contributed by atoms with Crippen LogP contribution >= 0.6 is 0 Å². The Bertz CT molecular complexity index is 530. The van der Waals surface area contributed by atoms with Gasteiger partial charge in [0.1, 0.15) is 5.82 Å². The summed E-state index contributed by atoms with van der Waals surface area (Å²) >= 11 is 0. The third kappa shape index (κ3) is 2.18. The molecular formula is C15H19N3. The summed E-state index contributed by atoms with van der Waals surface area (Å²) < 4.78 is 2.19. The maximum absolute atomic E-state index is 4.24. The summed E-state index contributed by atoms with van der Waals surface area (Å²) in [6.07, 6.45) is 6.33. The normalized spacial score (nSPS) is 17.9. The number of benzene rings is 1. The van der Waals surface area contributed by atoms with Crippen molar-refractivity contribution in [3.05, 3.63) is 53.6 Å². The minimum absolute atomic E-state index is 0.532. The third-order valence-corrected chi connectivity index (χ3v) is 3.80. The molecule has 1 aliphatic carbocycles. The van der Waals surface area contributed by atoms with Gasteiger partial charge in [-0.2, -0.15) is 0 Å². The lowest BCUT2D eigenvalue weighted by atomic mass is 10.1. The second-order valence-corrected chi connectivity index (χ2v) is 4.91. The molecule has 1 aromatic carbocycles. The first kappa shape index (κ1) is 11.5. The van der Waals surface area contributed by atoms with Gasteiger partial charge in [0, 0.05) is 31.5 Å². The van der Waals surface area contributed by atoms with E-state index in [-0.39, 0.29) is 0 Å². The maximum atomic E-state index is 4.24. The van der Waals surface area contributed by atoms with Crippen molar-refractivity contribution in [1.29, 1.82) is 0 Å². The average Bonchev–Trinajstić information content (AvgIpc) is 2.97. The van der Waals surface area contributed by atoms with Crippen LogP contribution in [0.1, 0.15) is 29.4 Å². The Morgan fingerprint density at radius 2 is 2.28 bits per heavy atom. The van der Waals surface area contributed by atoms with E-state index >= 15 is 0 Å². The van der Waals surface area contributed by atoms with Crippen LogP contribution in [0, 0.1) is 6.92 Å². The van der Waals surface area contributed by atoms with Gasteiger partial charge in [-0.25, -0.2) is 4.98 Å². The number of rotatable bonds is 4. The second-order valence-electron chi connectivity index (χ2n) is 4.91. The molecule has 1 atom stereocenters. The number of nitrogens with zero attached hydrogens (tertiary/aromatic N) is 2. The first-order valence-corrected chi connectivity index (χ1v) is 6.63. The Labute approximate surface area is 108 Å². The fourth-order valence-electron chi connectivity index (χ4n) is 2.77. The number of aryl methyl sites for hydroxylation is 2. The fraction of sp³-hybridized carbons (Fsp3) is 0.400. The van der Waals surface area contributed by atoms with Gasteiger partial charge >= 0.3 is 0 Å². The van der Waals surface area contributed by atoms with Crippen molar-refractivity contribution < 1.29 is 0 Å². The van der Waals surface area contributed by atoms with Gasteiger partial charge < -0.3 is 9.88 Å². The molecule has 1 heterocycles. The number of imidazole rings is 1. The molecule has 18 heavy (non-hydrogen) atoms. The molecule has 2 aromatic rings. The van der Waals surface area contributed by atoms with Crippen molar-refractivity contribution in [2.75, 3.05) is 6.54 Å². The summed E-state index contributed by atoms with van der Waals surface area (Å²) in [4.78, 5) is 4.24. The first-order chi connectivity index (χ1) is 8.84. The zero-order chi connectivity index (χ0) is 12.4. The van der Waals surface area contributed by atoms with E-state index < -0.39 is 0 Å². The summed E-state index contributed by atoms with van der Waals surface area (Å²) in [5, 5.41) is 3.65. The summed E-state index contributed by atoms with van der Waals surface area (Å²) in [5.41, 5.74) is 2.99. The molecule has 0 aliphatic heterocycles. The van der Waals surface area contributed by atoms with Gasteiger partial charge in [-0.3, -0.25) is 0 Å². The molecule has 3 nitrogen and oxygen atoms in total. The van der Waals surface area contributed by atoms with E-state index in [0.29, 0.717) is 6.04 Å². The van der Waals surface area contributed by atoms with E-state index in [4.69, 9.17) is 0 Å². The zero-order valence-corrected chi connectivity index (χ0v) is 10.8. The topological polar surface area (TPSA) is 29.9 Å². The van der Waals surface area contributed by atoms with E-state index in [0.717, 1.165) is 18.9 Å². The standard InChI is InChI=1S/C15H19N3/c1-12-16-8-10-18(12)11-9-17-15-7-6-13-4-2-3-5-14(13)15/h2-5,8,10,15,17H,6-7,9,11H2,1H3. The Morgan fingerprint density at radius 1 is 1.39 bits per heavy atom. The van der Waals surface area contributed by atoms with E-state index in [9.17, 15) is 0 Å². The molecule has 1 aromatic heterocycles. The van der Waals surface area contributed by atoms with Gasteiger partial charge in [-0.15, -0.1) is 0 Å². The van der Waals surface area contributed by atoms with Crippen LogP contribution in [-0.2, 0) is 13.0 Å². The van der Waals surface area contributed by atoms with Gasteiger partial charge in [0.05, 0.1) is 0 Å². The average molecular weight is 241 g/mol. The van der Waals surface area contributed by atoms with Crippen molar-refractivity contribution in [2.45, 2.75) is 32.4 Å². The largest absolute Gasteiger partial charge is 0.334 e. The molecule has 0 fully saturated rings. The van der Waals surface area contributed by atoms with E-state index in [1.165, 1.54) is 24.0 Å². The monoisotopic (exact) mass is 241 g/mol. The quantitative estimate of drug-likeness (QED) is 0.891. The van der Waals surface area contributed by atoms with Crippen LogP contribution in [0.2, 0.25) is 0 Å². The third-order valence-electron chi connectivity index (χ3n) is 3.80. The molecule has 0 saturated carbocycles. The van der Waals surface area contributed by atoms with Crippen LogP contribution in [0.3, 0.4) is 0 Å². The molecule has 3 rings (SSSR count). The van der Waals surface area contributed by atoms with Gasteiger partial charge in [0.15, 0.2) is 0 Å². The molecule has 0 spiro atoms. The molecule has 1 aliphatic rings. The molecule has 0 amide bonds. The number of hydrogen-bond donors (Lipinski definition) is 1. The number of nitrogens with one attached hydrogen (secondary N) is 1. The summed E-state index contributed by atoms with van der Waals surface area (Å²) in [5.74, 6) is 1.09. The van der Waals surface area contributed by atoms with Crippen LogP contribution in [0.5, 0.6) is 0 Å². The van der Waals surface area contributed by atoms with Crippen molar-refractivity contribution in [3.8, 4) is 0 Å². The van der Waals surface area contributed by atoms with Gasteiger partial charge in [-0.1, -0.05) is 24.3 Å². The zero-order valence-electron chi connectivity index (χ0n) is 10.8. The van der Waals surface area contributed by atoms with Gasteiger partial charge in [-0.05, 0) is 30.9 Å².